The molecule has 4 rings (SSSR count). The van der Waals surface area contributed by atoms with Gasteiger partial charge in [0.15, 0.2) is 0 Å². The molecule has 0 aromatic heterocycles. The first-order valence-electron chi connectivity index (χ1n) is 10.4. The van der Waals surface area contributed by atoms with Crippen LogP contribution in [0.5, 0.6) is 5.75 Å². The van der Waals surface area contributed by atoms with E-state index in [4.69, 9.17) is 4.18 Å². The van der Waals surface area contributed by atoms with Crippen LogP contribution in [0.25, 0.3) is 0 Å². The van der Waals surface area contributed by atoms with Crippen LogP contribution in [0.4, 0.5) is 5.69 Å². The third-order valence-electron chi connectivity index (χ3n) is 5.35. The molecule has 3 aromatic rings. The number of carbonyl (C=O) groups excluding carboxylic acids is 1. The van der Waals surface area contributed by atoms with Crippen molar-refractivity contribution in [2.24, 2.45) is 0 Å². The van der Waals surface area contributed by atoms with Crippen molar-refractivity contribution < 1.29 is 22.3 Å². The van der Waals surface area contributed by atoms with E-state index >= 15 is 0 Å². The highest BCUT2D eigenvalue weighted by Gasteiger charge is 2.33. The van der Waals surface area contributed by atoms with Crippen LogP contribution in [0.15, 0.2) is 77.7 Å². The Balaban J connectivity index is 1.49. The first-order valence-corrected chi connectivity index (χ1v) is 11.8. The topological polar surface area (TPSA) is 107 Å². The molecule has 1 aliphatic carbocycles. The van der Waals surface area contributed by atoms with Crippen molar-refractivity contribution in [1.82, 2.24) is 4.90 Å². The van der Waals surface area contributed by atoms with Gasteiger partial charge >= 0.3 is 10.1 Å². The highest BCUT2D eigenvalue weighted by atomic mass is 32.2. The van der Waals surface area contributed by atoms with Gasteiger partial charge in [0.25, 0.3) is 11.6 Å². The van der Waals surface area contributed by atoms with Crippen molar-refractivity contribution in [3.8, 4) is 5.75 Å². The zero-order valence-corrected chi connectivity index (χ0v) is 18.7. The molecule has 1 fully saturated rings. The van der Waals surface area contributed by atoms with E-state index < -0.39 is 15.0 Å². The molecular weight excluding hydrogens is 444 g/mol. The third-order valence-corrected chi connectivity index (χ3v) is 6.59. The van der Waals surface area contributed by atoms with Crippen molar-refractivity contribution in [2.75, 3.05) is 0 Å². The first kappa shape index (κ1) is 22.5. The van der Waals surface area contributed by atoms with E-state index in [0.717, 1.165) is 30.0 Å². The summed E-state index contributed by atoms with van der Waals surface area (Å²) >= 11 is 0. The van der Waals surface area contributed by atoms with Crippen molar-refractivity contribution in [3.05, 3.63) is 99.6 Å². The van der Waals surface area contributed by atoms with E-state index in [1.54, 1.807) is 0 Å². The number of rotatable bonds is 8. The first-order chi connectivity index (χ1) is 15.7. The van der Waals surface area contributed by atoms with Gasteiger partial charge in [-0.25, -0.2) is 0 Å². The molecule has 0 bridgehead atoms. The summed E-state index contributed by atoms with van der Waals surface area (Å²) in [5, 5.41) is 10.9. The fourth-order valence-corrected chi connectivity index (χ4v) is 4.36. The summed E-state index contributed by atoms with van der Waals surface area (Å²) in [7, 11) is -4.27. The average Bonchev–Trinajstić information content (AvgIpc) is 3.64. The van der Waals surface area contributed by atoms with Gasteiger partial charge in [-0.2, -0.15) is 8.42 Å². The van der Waals surface area contributed by atoms with Crippen LogP contribution in [0, 0.1) is 17.0 Å². The Bertz CT molecular complexity index is 1280. The molecule has 0 spiro atoms. The molecule has 3 aromatic carbocycles. The van der Waals surface area contributed by atoms with Gasteiger partial charge in [-0.15, -0.1) is 0 Å². The Hall–Kier alpha value is -3.72. The second kappa shape index (κ2) is 9.03. The molecule has 0 radical (unpaired) electrons. The number of non-ortho nitro benzene ring substituents is 1. The lowest BCUT2D eigenvalue weighted by Gasteiger charge is -2.23. The lowest BCUT2D eigenvalue weighted by atomic mass is 10.1. The van der Waals surface area contributed by atoms with Gasteiger partial charge < -0.3 is 9.08 Å². The summed E-state index contributed by atoms with van der Waals surface area (Å²) in [4.78, 5) is 24.9. The molecule has 0 atom stereocenters. The lowest BCUT2D eigenvalue weighted by molar-refractivity contribution is -0.385. The van der Waals surface area contributed by atoms with E-state index in [9.17, 15) is 23.3 Å². The smallest absolute Gasteiger partial charge is 0.339 e. The Morgan fingerprint density at radius 1 is 1.06 bits per heavy atom. The van der Waals surface area contributed by atoms with Gasteiger partial charge in [0.05, 0.1) is 4.92 Å². The quantitative estimate of drug-likeness (QED) is 0.275. The minimum atomic E-state index is -4.27. The van der Waals surface area contributed by atoms with Crippen LogP contribution in [0.2, 0.25) is 0 Å². The highest BCUT2D eigenvalue weighted by Crippen LogP contribution is 2.30. The van der Waals surface area contributed by atoms with Gasteiger partial charge in [-0.05, 0) is 55.7 Å². The number of nitrogens with zero attached hydrogens (tertiary/aromatic N) is 2. The van der Waals surface area contributed by atoms with E-state index in [-0.39, 0.29) is 28.3 Å². The van der Waals surface area contributed by atoms with Crippen LogP contribution >= 0.6 is 0 Å². The standard InChI is InChI=1S/C24H22N2O6S/c1-17-5-7-18(8-6-17)16-25(20-11-12-20)24(27)19-9-13-22(14-10-19)32-33(30,31)23-4-2-3-21(15-23)26(28)29/h2-10,13-15,20H,11-12,16H2,1H3. The Morgan fingerprint density at radius 2 is 1.73 bits per heavy atom. The summed E-state index contributed by atoms with van der Waals surface area (Å²) in [6.45, 7) is 2.51. The number of carbonyl (C=O) groups is 1. The van der Waals surface area contributed by atoms with Crippen LogP contribution in [0.1, 0.15) is 34.3 Å². The predicted octanol–water partition coefficient (Wildman–Crippen LogP) is 4.48. The maximum atomic E-state index is 13.1. The monoisotopic (exact) mass is 466 g/mol. The summed E-state index contributed by atoms with van der Waals surface area (Å²) in [6, 6.07) is 18.7. The Morgan fingerprint density at radius 3 is 2.33 bits per heavy atom. The average molecular weight is 467 g/mol. The lowest BCUT2D eigenvalue weighted by Crippen LogP contribution is -2.32. The van der Waals surface area contributed by atoms with Crippen molar-refractivity contribution >= 4 is 21.7 Å². The van der Waals surface area contributed by atoms with E-state index in [0.29, 0.717) is 12.1 Å². The van der Waals surface area contributed by atoms with E-state index in [2.05, 4.69) is 0 Å². The van der Waals surface area contributed by atoms with Gasteiger partial charge in [-0.1, -0.05) is 35.9 Å². The molecule has 33 heavy (non-hydrogen) atoms. The molecular formula is C24H22N2O6S. The fraction of sp³-hybridized carbons (Fsp3) is 0.208. The van der Waals surface area contributed by atoms with Gasteiger partial charge in [0.2, 0.25) is 0 Å². The van der Waals surface area contributed by atoms with Gasteiger partial charge in [0, 0.05) is 30.3 Å². The van der Waals surface area contributed by atoms with Crippen molar-refractivity contribution in [2.45, 2.75) is 37.2 Å². The number of hydrogen-bond donors (Lipinski definition) is 0. The molecule has 1 amide bonds. The van der Waals surface area contributed by atoms with Crippen LogP contribution in [0.3, 0.4) is 0 Å². The molecule has 0 unspecified atom stereocenters. The molecule has 0 aliphatic heterocycles. The molecule has 1 saturated carbocycles. The number of benzene rings is 3. The normalized spacial score (nSPS) is 13.4. The Labute approximate surface area is 191 Å². The van der Waals surface area contributed by atoms with Crippen molar-refractivity contribution in [3.63, 3.8) is 0 Å². The summed E-state index contributed by atoms with van der Waals surface area (Å²) in [6.07, 6.45) is 1.92. The molecule has 1 aliphatic rings. The summed E-state index contributed by atoms with van der Waals surface area (Å²) in [5.41, 5.74) is 2.27. The molecule has 0 N–H and O–H groups in total. The fourth-order valence-electron chi connectivity index (χ4n) is 3.39. The maximum absolute atomic E-state index is 13.1. The number of nitro groups is 1. The second-order valence-electron chi connectivity index (χ2n) is 7.97. The molecule has 170 valence electrons. The number of amides is 1. The molecule has 0 saturated heterocycles. The summed E-state index contributed by atoms with van der Waals surface area (Å²) < 4.78 is 30.1. The van der Waals surface area contributed by atoms with Crippen molar-refractivity contribution in [1.29, 1.82) is 0 Å². The minimum Gasteiger partial charge on any atom is -0.379 e. The number of nitro benzene ring substituents is 1. The summed E-state index contributed by atoms with van der Waals surface area (Å²) in [5.74, 6) is -0.124. The minimum absolute atomic E-state index is 0.00885. The molecule has 0 heterocycles. The zero-order chi connectivity index (χ0) is 23.6. The molecule has 9 heteroatoms. The highest BCUT2D eigenvalue weighted by molar-refractivity contribution is 7.87. The number of aryl methyl sites for hydroxylation is 1. The maximum Gasteiger partial charge on any atom is 0.339 e. The second-order valence-corrected chi connectivity index (χ2v) is 9.51. The largest absolute Gasteiger partial charge is 0.379 e. The molecule has 8 nitrogen and oxygen atoms in total. The van der Waals surface area contributed by atoms with Crippen LogP contribution < -0.4 is 4.18 Å². The Kier molecular flexibility index (Phi) is 6.15. The predicted molar refractivity (Wildman–Crippen MR) is 121 cm³/mol. The van der Waals surface area contributed by atoms with E-state index in [1.807, 2.05) is 36.1 Å². The number of hydrogen-bond acceptors (Lipinski definition) is 6. The van der Waals surface area contributed by atoms with E-state index in [1.165, 1.54) is 42.5 Å². The van der Waals surface area contributed by atoms with Gasteiger partial charge in [-0.3, -0.25) is 14.9 Å². The van der Waals surface area contributed by atoms with Crippen LogP contribution in [-0.4, -0.2) is 30.2 Å². The SMILES string of the molecule is Cc1ccc(CN(C(=O)c2ccc(OS(=O)(=O)c3cccc([N+](=O)[O-])c3)cc2)C2CC2)cc1. The van der Waals surface area contributed by atoms with Gasteiger partial charge in [0.1, 0.15) is 10.6 Å². The third kappa shape index (κ3) is 5.38. The zero-order valence-electron chi connectivity index (χ0n) is 17.9. The van der Waals surface area contributed by atoms with Crippen LogP contribution in [-0.2, 0) is 16.7 Å².